The molecule has 4 rings (SSSR count). The van der Waals surface area contributed by atoms with E-state index in [2.05, 4.69) is 4.98 Å². The van der Waals surface area contributed by atoms with E-state index in [0.29, 0.717) is 23.5 Å². The van der Waals surface area contributed by atoms with Crippen molar-refractivity contribution in [3.05, 3.63) is 99.7 Å². The number of nitro groups is 1. The van der Waals surface area contributed by atoms with Gasteiger partial charge in [-0.2, -0.15) is 0 Å². The van der Waals surface area contributed by atoms with Crippen LogP contribution in [0.15, 0.2) is 78.5 Å². The first-order chi connectivity index (χ1) is 16.4. The average Bonchev–Trinajstić information content (AvgIpc) is 3.13. The number of nitro benzene ring substituents is 1. The first-order valence-electron chi connectivity index (χ1n) is 10.6. The number of aliphatic hydroxyl groups is 1. The second-order valence-corrected chi connectivity index (χ2v) is 7.58. The van der Waals surface area contributed by atoms with E-state index in [1.165, 1.54) is 35.4 Å². The lowest BCUT2D eigenvalue weighted by atomic mass is 9.95. The number of aromatic nitrogens is 1. The Morgan fingerprint density at radius 2 is 1.79 bits per heavy atom. The summed E-state index contributed by atoms with van der Waals surface area (Å²) in [5.74, 6) is -1.26. The second kappa shape index (κ2) is 9.53. The standard InChI is InChI=1S/C25H21N3O6/c1-2-15-34-19-12-8-17(9-13-19)23(29)21-22(16-6-10-18(11-7-16)28(32)33)27(25(31)24(21)30)20-5-3-4-14-26-20/h3-14,22,29H,2,15H2,1H3/t22-/m0/s1. The minimum atomic E-state index is -1.02. The van der Waals surface area contributed by atoms with Crippen LogP contribution in [0.1, 0.15) is 30.5 Å². The quantitative estimate of drug-likeness (QED) is 0.183. The maximum atomic E-state index is 13.1. The van der Waals surface area contributed by atoms with Gasteiger partial charge in [-0.15, -0.1) is 0 Å². The van der Waals surface area contributed by atoms with Crippen LogP contribution in [-0.2, 0) is 9.59 Å². The van der Waals surface area contributed by atoms with Gasteiger partial charge in [0.05, 0.1) is 23.1 Å². The molecule has 1 saturated heterocycles. The highest BCUT2D eigenvalue weighted by molar-refractivity contribution is 6.51. The lowest BCUT2D eigenvalue weighted by Crippen LogP contribution is -2.30. The van der Waals surface area contributed by atoms with Gasteiger partial charge in [0.2, 0.25) is 0 Å². The number of Topliss-reactive ketones (excluding diaryl/α,β-unsaturated/α-hetero) is 1. The van der Waals surface area contributed by atoms with E-state index in [4.69, 9.17) is 4.74 Å². The summed E-state index contributed by atoms with van der Waals surface area (Å²) in [6, 6.07) is 15.9. The van der Waals surface area contributed by atoms with Crippen LogP contribution in [0, 0.1) is 10.1 Å². The fourth-order valence-corrected chi connectivity index (χ4v) is 3.74. The van der Waals surface area contributed by atoms with Gasteiger partial charge in [-0.05, 0) is 60.5 Å². The molecule has 2 aromatic carbocycles. The van der Waals surface area contributed by atoms with Crippen LogP contribution in [-0.4, -0.2) is 33.3 Å². The molecule has 1 aromatic heterocycles. The Labute approximate surface area is 195 Å². The van der Waals surface area contributed by atoms with E-state index in [1.54, 1.807) is 42.5 Å². The van der Waals surface area contributed by atoms with Gasteiger partial charge < -0.3 is 9.84 Å². The smallest absolute Gasteiger partial charge is 0.301 e. The molecule has 1 fully saturated rings. The molecule has 0 saturated carbocycles. The van der Waals surface area contributed by atoms with Crippen molar-refractivity contribution >= 4 is 29.0 Å². The number of nitrogens with zero attached hydrogens (tertiary/aromatic N) is 3. The number of pyridine rings is 1. The Morgan fingerprint density at radius 3 is 2.38 bits per heavy atom. The highest BCUT2D eigenvalue weighted by Gasteiger charge is 2.47. The molecule has 9 heteroatoms. The molecule has 1 atom stereocenters. The van der Waals surface area contributed by atoms with Crippen LogP contribution in [0.3, 0.4) is 0 Å². The predicted molar refractivity (Wildman–Crippen MR) is 124 cm³/mol. The summed E-state index contributed by atoms with van der Waals surface area (Å²) in [6.07, 6.45) is 2.32. The third-order valence-electron chi connectivity index (χ3n) is 5.36. The number of ether oxygens (including phenoxy) is 1. The number of anilines is 1. The third kappa shape index (κ3) is 4.23. The van der Waals surface area contributed by atoms with E-state index >= 15 is 0 Å². The minimum absolute atomic E-state index is 0.133. The lowest BCUT2D eigenvalue weighted by molar-refractivity contribution is -0.384. The van der Waals surface area contributed by atoms with E-state index in [9.17, 15) is 24.8 Å². The van der Waals surface area contributed by atoms with Crippen LogP contribution in [0.2, 0.25) is 0 Å². The Morgan fingerprint density at radius 1 is 1.09 bits per heavy atom. The molecule has 0 aliphatic carbocycles. The van der Waals surface area contributed by atoms with Gasteiger partial charge in [0.15, 0.2) is 0 Å². The van der Waals surface area contributed by atoms with E-state index in [0.717, 1.165) is 6.42 Å². The number of carbonyl (C=O) groups is 2. The molecule has 1 amide bonds. The van der Waals surface area contributed by atoms with Crippen LogP contribution in [0.4, 0.5) is 11.5 Å². The van der Waals surface area contributed by atoms with Gasteiger partial charge >= 0.3 is 5.91 Å². The number of aliphatic hydroxyl groups excluding tert-OH is 1. The number of ketones is 1. The molecule has 34 heavy (non-hydrogen) atoms. The number of hydrogen-bond donors (Lipinski definition) is 1. The number of non-ortho nitro benzene ring substituents is 1. The van der Waals surface area contributed by atoms with Crippen molar-refractivity contribution in [2.75, 3.05) is 11.5 Å². The summed E-state index contributed by atoms with van der Waals surface area (Å²) in [7, 11) is 0. The normalized spacial score (nSPS) is 17.1. The fraction of sp³-hybridized carbons (Fsp3) is 0.160. The Bertz CT molecular complexity index is 1250. The highest BCUT2D eigenvalue weighted by Crippen LogP contribution is 2.41. The van der Waals surface area contributed by atoms with Crippen LogP contribution in [0.5, 0.6) is 5.75 Å². The van der Waals surface area contributed by atoms with Crippen LogP contribution >= 0.6 is 0 Å². The zero-order valence-corrected chi connectivity index (χ0v) is 18.2. The van der Waals surface area contributed by atoms with E-state index in [1.807, 2.05) is 6.92 Å². The molecular formula is C25H21N3O6. The number of carbonyl (C=O) groups excluding carboxylic acids is 2. The van der Waals surface area contributed by atoms with Gasteiger partial charge in [0.25, 0.3) is 11.5 Å². The lowest BCUT2D eigenvalue weighted by Gasteiger charge is -2.24. The molecule has 0 radical (unpaired) electrons. The van der Waals surface area contributed by atoms with Gasteiger partial charge in [0.1, 0.15) is 17.3 Å². The molecular weight excluding hydrogens is 438 g/mol. The van der Waals surface area contributed by atoms with E-state index < -0.39 is 22.7 Å². The topological polar surface area (TPSA) is 123 Å². The van der Waals surface area contributed by atoms with Crippen molar-refractivity contribution in [2.24, 2.45) is 0 Å². The molecule has 1 aliphatic heterocycles. The summed E-state index contributed by atoms with van der Waals surface area (Å²) < 4.78 is 5.56. The zero-order chi connectivity index (χ0) is 24.2. The second-order valence-electron chi connectivity index (χ2n) is 7.58. The SMILES string of the molecule is CCCOc1ccc(C(O)=C2C(=O)C(=O)N(c3ccccn3)[C@H]2c2ccc([N+](=O)[O-])cc2)cc1. The summed E-state index contributed by atoms with van der Waals surface area (Å²) in [6.45, 7) is 2.53. The van der Waals surface area contributed by atoms with Crippen molar-refractivity contribution < 1.29 is 24.4 Å². The van der Waals surface area contributed by atoms with Crippen molar-refractivity contribution in [1.82, 2.24) is 4.98 Å². The first-order valence-corrected chi connectivity index (χ1v) is 10.6. The Hall–Kier alpha value is -4.53. The molecule has 1 N–H and O–H groups in total. The molecule has 0 spiro atoms. The summed E-state index contributed by atoms with van der Waals surface area (Å²) in [5.41, 5.74) is 0.475. The highest BCUT2D eigenvalue weighted by atomic mass is 16.6. The van der Waals surface area contributed by atoms with Crippen molar-refractivity contribution in [2.45, 2.75) is 19.4 Å². The largest absolute Gasteiger partial charge is 0.507 e. The van der Waals surface area contributed by atoms with Gasteiger partial charge in [-0.3, -0.25) is 24.6 Å². The van der Waals surface area contributed by atoms with Gasteiger partial charge in [-0.25, -0.2) is 4.98 Å². The van der Waals surface area contributed by atoms with Crippen LogP contribution in [0.25, 0.3) is 5.76 Å². The maximum Gasteiger partial charge on any atom is 0.301 e. The zero-order valence-electron chi connectivity index (χ0n) is 18.2. The molecule has 2 heterocycles. The average molecular weight is 459 g/mol. The molecule has 1 aliphatic rings. The monoisotopic (exact) mass is 459 g/mol. The first kappa shape index (κ1) is 22.7. The van der Waals surface area contributed by atoms with Gasteiger partial charge in [0, 0.05) is 23.9 Å². The van der Waals surface area contributed by atoms with Crippen molar-refractivity contribution in [3.8, 4) is 5.75 Å². The molecule has 3 aromatic rings. The molecule has 0 bridgehead atoms. The maximum absolute atomic E-state index is 13.1. The van der Waals surface area contributed by atoms with Crippen molar-refractivity contribution in [3.63, 3.8) is 0 Å². The Balaban J connectivity index is 1.84. The Kier molecular flexibility index (Phi) is 6.35. The van der Waals surface area contributed by atoms with Crippen molar-refractivity contribution in [1.29, 1.82) is 0 Å². The fourth-order valence-electron chi connectivity index (χ4n) is 3.74. The van der Waals surface area contributed by atoms with E-state index in [-0.39, 0.29) is 22.8 Å². The summed E-state index contributed by atoms with van der Waals surface area (Å²) in [4.78, 5) is 42.1. The number of rotatable bonds is 7. The molecule has 172 valence electrons. The molecule has 0 unspecified atom stereocenters. The number of hydrogen-bond acceptors (Lipinski definition) is 7. The summed E-state index contributed by atoms with van der Waals surface area (Å²) in [5, 5.41) is 22.2. The number of benzene rings is 2. The summed E-state index contributed by atoms with van der Waals surface area (Å²) >= 11 is 0. The van der Waals surface area contributed by atoms with Gasteiger partial charge in [-0.1, -0.05) is 13.0 Å². The number of amides is 1. The minimum Gasteiger partial charge on any atom is -0.507 e. The predicted octanol–water partition coefficient (Wildman–Crippen LogP) is 4.40. The molecule has 9 nitrogen and oxygen atoms in total. The van der Waals surface area contributed by atoms with Crippen LogP contribution < -0.4 is 9.64 Å². The third-order valence-corrected chi connectivity index (χ3v) is 5.36.